The zero-order valence-corrected chi connectivity index (χ0v) is 19.1. The van der Waals surface area contributed by atoms with Crippen LogP contribution < -0.4 is 15.7 Å². The van der Waals surface area contributed by atoms with Crippen LogP contribution in [0.25, 0.3) is 11.0 Å². The van der Waals surface area contributed by atoms with Crippen LogP contribution in [0.3, 0.4) is 0 Å². The Hall–Kier alpha value is -2.54. The molecule has 0 aliphatic heterocycles. The number of fused-ring (bicyclic) bond motifs is 1. The lowest BCUT2D eigenvalue weighted by atomic mass is 10.0. The van der Waals surface area contributed by atoms with Crippen LogP contribution >= 0.6 is 11.6 Å². The third-order valence-electron chi connectivity index (χ3n) is 4.40. The molecule has 1 aromatic heterocycles. The van der Waals surface area contributed by atoms with Crippen LogP contribution in [-0.4, -0.2) is 23.7 Å². The minimum Gasteiger partial charge on any atom is -0.444 e. The van der Waals surface area contributed by atoms with E-state index in [9.17, 15) is 14.4 Å². The Balaban J connectivity index is 2.31. The topological polar surface area (TPSA) is 94.8 Å². The fraction of sp³-hybridized carbons (Fsp3) is 0.500. The predicted octanol–water partition coefficient (Wildman–Crippen LogP) is 4.91. The Morgan fingerprint density at radius 3 is 2.37 bits per heavy atom. The number of esters is 1. The van der Waals surface area contributed by atoms with Crippen molar-refractivity contribution in [2.45, 2.75) is 66.5 Å². The van der Waals surface area contributed by atoms with Crippen LogP contribution in [0.15, 0.2) is 21.3 Å². The van der Waals surface area contributed by atoms with Crippen molar-refractivity contribution in [1.29, 1.82) is 0 Å². The first kappa shape index (κ1) is 23.7. The summed E-state index contributed by atoms with van der Waals surface area (Å²) in [5, 5.41) is 3.40. The molecule has 2 rings (SSSR count). The van der Waals surface area contributed by atoms with Crippen molar-refractivity contribution >= 4 is 34.6 Å². The van der Waals surface area contributed by atoms with E-state index >= 15 is 0 Å². The third kappa shape index (κ3) is 5.98. The fourth-order valence-electron chi connectivity index (χ4n) is 2.84. The molecule has 0 bridgehead atoms. The molecular formula is C22H28ClNO6. The lowest BCUT2D eigenvalue weighted by Crippen LogP contribution is -2.45. The monoisotopic (exact) mass is 437 g/mol. The first-order valence-electron chi connectivity index (χ1n) is 9.73. The van der Waals surface area contributed by atoms with Gasteiger partial charge in [-0.05, 0) is 58.6 Å². The van der Waals surface area contributed by atoms with E-state index in [-0.39, 0.29) is 22.3 Å². The summed E-state index contributed by atoms with van der Waals surface area (Å²) in [4.78, 5) is 36.9. The number of carbonyl (C=O) groups excluding carboxylic acids is 2. The van der Waals surface area contributed by atoms with Crippen LogP contribution in [0.1, 0.15) is 52.2 Å². The van der Waals surface area contributed by atoms with Gasteiger partial charge in [-0.25, -0.2) is 14.4 Å². The number of carbonyl (C=O) groups is 2. The van der Waals surface area contributed by atoms with Gasteiger partial charge in [0.25, 0.3) is 0 Å². The zero-order chi connectivity index (χ0) is 22.8. The predicted molar refractivity (Wildman–Crippen MR) is 115 cm³/mol. The molecule has 1 amide bonds. The van der Waals surface area contributed by atoms with Gasteiger partial charge in [0.1, 0.15) is 17.2 Å². The standard InChI is InChI=1S/C22H28ClNO6/c1-11(2)8-16(24-21(27)30-22(5,6)7)20(26)29-18-10-17-14(9-15(18)23)12(3)13(4)19(25)28-17/h9-11,16H,8H2,1-7H3,(H,24,27)/t16-/m0/s1. The highest BCUT2D eigenvalue weighted by Crippen LogP contribution is 2.32. The molecule has 0 fully saturated rings. The number of hydrogen-bond donors (Lipinski definition) is 1. The van der Waals surface area contributed by atoms with Gasteiger partial charge in [0.2, 0.25) is 0 Å². The second-order valence-electron chi connectivity index (χ2n) is 8.67. The lowest BCUT2D eigenvalue weighted by molar-refractivity contribution is -0.137. The van der Waals surface area contributed by atoms with Crippen LogP contribution in [0.4, 0.5) is 4.79 Å². The summed E-state index contributed by atoms with van der Waals surface area (Å²) in [6, 6.07) is 2.06. The van der Waals surface area contributed by atoms with Gasteiger partial charge >= 0.3 is 17.7 Å². The van der Waals surface area contributed by atoms with Gasteiger partial charge < -0.3 is 19.2 Å². The van der Waals surface area contributed by atoms with Crippen LogP contribution in [0.2, 0.25) is 5.02 Å². The molecule has 0 saturated carbocycles. The Labute approximate surface area is 180 Å². The summed E-state index contributed by atoms with van der Waals surface area (Å²) in [6.07, 6.45) is -0.372. The molecule has 1 heterocycles. The highest BCUT2D eigenvalue weighted by atomic mass is 35.5. The highest BCUT2D eigenvalue weighted by molar-refractivity contribution is 6.33. The lowest BCUT2D eigenvalue weighted by Gasteiger charge is -2.23. The number of ether oxygens (including phenoxy) is 2. The van der Waals surface area contributed by atoms with E-state index in [1.165, 1.54) is 6.07 Å². The zero-order valence-electron chi connectivity index (χ0n) is 18.3. The molecule has 30 heavy (non-hydrogen) atoms. The van der Waals surface area contributed by atoms with Gasteiger partial charge in [-0.1, -0.05) is 25.4 Å². The van der Waals surface area contributed by atoms with Crippen LogP contribution in [0.5, 0.6) is 5.75 Å². The molecule has 0 radical (unpaired) electrons. The summed E-state index contributed by atoms with van der Waals surface area (Å²) in [6.45, 7) is 12.5. The molecule has 0 saturated heterocycles. The van der Waals surface area contributed by atoms with Gasteiger partial charge in [-0.15, -0.1) is 0 Å². The Bertz CT molecular complexity index is 1020. The number of alkyl carbamates (subject to hydrolysis) is 1. The third-order valence-corrected chi connectivity index (χ3v) is 4.70. The molecule has 164 valence electrons. The summed E-state index contributed by atoms with van der Waals surface area (Å²) in [5.41, 5.74) is 0.317. The van der Waals surface area contributed by atoms with E-state index < -0.39 is 29.3 Å². The minimum atomic E-state index is -0.932. The normalized spacial score (nSPS) is 12.7. The van der Waals surface area contributed by atoms with Crippen LogP contribution in [0, 0.1) is 19.8 Å². The van der Waals surface area contributed by atoms with Crippen LogP contribution in [-0.2, 0) is 9.53 Å². The van der Waals surface area contributed by atoms with E-state index in [1.54, 1.807) is 40.7 Å². The van der Waals surface area contributed by atoms with Crippen molar-refractivity contribution in [1.82, 2.24) is 5.32 Å². The van der Waals surface area contributed by atoms with Crippen molar-refractivity contribution in [3.05, 3.63) is 38.7 Å². The number of aryl methyl sites for hydroxylation is 1. The molecule has 0 aliphatic carbocycles. The Kier molecular flexibility index (Phi) is 7.18. The van der Waals surface area contributed by atoms with Crippen molar-refractivity contribution in [3.63, 3.8) is 0 Å². The average molecular weight is 438 g/mol. The van der Waals surface area contributed by atoms with E-state index in [0.717, 1.165) is 5.56 Å². The largest absolute Gasteiger partial charge is 0.444 e. The molecule has 8 heteroatoms. The molecule has 1 aromatic carbocycles. The van der Waals surface area contributed by atoms with Crippen molar-refractivity contribution in [3.8, 4) is 5.75 Å². The molecule has 1 atom stereocenters. The Morgan fingerprint density at radius 2 is 1.80 bits per heavy atom. The van der Waals surface area contributed by atoms with Crippen molar-refractivity contribution in [2.24, 2.45) is 5.92 Å². The summed E-state index contributed by atoms with van der Waals surface area (Å²) in [5.74, 6) is -0.546. The van der Waals surface area contributed by atoms with E-state index in [2.05, 4.69) is 5.32 Å². The van der Waals surface area contributed by atoms with Gasteiger partial charge in [-0.2, -0.15) is 0 Å². The second-order valence-corrected chi connectivity index (χ2v) is 9.07. The number of hydrogen-bond acceptors (Lipinski definition) is 6. The van der Waals surface area contributed by atoms with E-state index in [4.69, 9.17) is 25.5 Å². The van der Waals surface area contributed by atoms with Crippen molar-refractivity contribution in [2.75, 3.05) is 0 Å². The summed E-state index contributed by atoms with van der Waals surface area (Å²) >= 11 is 6.31. The maximum atomic E-state index is 12.8. The summed E-state index contributed by atoms with van der Waals surface area (Å²) < 4.78 is 16.0. The molecule has 0 unspecified atom stereocenters. The number of rotatable bonds is 5. The van der Waals surface area contributed by atoms with Gasteiger partial charge in [0, 0.05) is 17.0 Å². The molecule has 2 aromatic rings. The first-order chi connectivity index (χ1) is 13.8. The summed E-state index contributed by atoms with van der Waals surface area (Å²) in [7, 11) is 0. The molecule has 1 N–H and O–H groups in total. The second kappa shape index (κ2) is 9.08. The van der Waals surface area contributed by atoms with Gasteiger partial charge in [0.15, 0.2) is 5.75 Å². The quantitative estimate of drug-likeness (QED) is 0.405. The maximum absolute atomic E-state index is 12.8. The molecule has 0 spiro atoms. The fourth-order valence-corrected chi connectivity index (χ4v) is 3.04. The maximum Gasteiger partial charge on any atom is 0.408 e. The molecular weight excluding hydrogens is 410 g/mol. The minimum absolute atomic E-state index is 0.0420. The number of nitrogens with one attached hydrogen (secondary N) is 1. The number of amides is 1. The van der Waals surface area contributed by atoms with Gasteiger partial charge in [-0.3, -0.25) is 0 Å². The highest BCUT2D eigenvalue weighted by Gasteiger charge is 2.27. The number of halogens is 1. The first-order valence-corrected chi connectivity index (χ1v) is 10.1. The average Bonchev–Trinajstić information content (AvgIpc) is 2.59. The SMILES string of the molecule is Cc1c(C)c2cc(Cl)c(OC(=O)[C@H](CC(C)C)NC(=O)OC(C)(C)C)cc2oc1=O. The van der Waals surface area contributed by atoms with Crippen molar-refractivity contribution < 1.29 is 23.5 Å². The smallest absolute Gasteiger partial charge is 0.408 e. The van der Waals surface area contributed by atoms with E-state index in [0.29, 0.717) is 17.4 Å². The number of benzene rings is 1. The molecule has 7 nitrogen and oxygen atoms in total. The van der Waals surface area contributed by atoms with E-state index in [1.807, 2.05) is 13.8 Å². The Morgan fingerprint density at radius 1 is 1.17 bits per heavy atom. The molecule has 0 aliphatic rings. The van der Waals surface area contributed by atoms with Gasteiger partial charge in [0.05, 0.1) is 5.02 Å².